The van der Waals surface area contributed by atoms with Gasteiger partial charge in [0.2, 0.25) is 0 Å². The van der Waals surface area contributed by atoms with Gasteiger partial charge in [-0.1, -0.05) is 64.8 Å². The Balaban J connectivity index is 0.000000288. The van der Waals surface area contributed by atoms with Crippen molar-refractivity contribution in [2.45, 2.75) is 118 Å². The third-order valence-corrected chi connectivity index (χ3v) is 10.9. The van der Waals surface area contributed by atoms with Crippen LogP contribution in [0.5, 0.6) is 11.5 Å². The van der Waals surface area contributed by atoms with Crippen molar-refractivity contribution in [3.63, 3.8) is 0 Å². The number of rotatable bonds is 24. The van der Waals surface area contributed by atoms with E-state index in [2.05, 4.69) is 24.0 Å². The summed E-state index contributed by atoms with van der Waals surface area (Å²) in [6.07, 6.45) is 3.18. The summed E-state index contributed by atoms with van der Waals surface area (Å²) in [6.45, 7) is 13.5. The molecule has 0 bridgehead atoms. The minimum atomic E-state index is -1.23. The number of ether oxygens (including phenoxy) is 4. The van der Waals surface area contributed by atoms with Gasteiger partial charge in [-0.05, 0) is 62.1 Å². The van der Waals surface area contributed by atoms with Crippen molar-refractivity contribution in [2.24, 2.45) is 14.1 Å². The number of carbonyl (C=O) groups is 2. The summed E-state index contributed by atoms with van der Waals surface area (Å²) < 4.78 is 28.6. The van der Waals surface area contributed by atoms with Gasteiger partial charge in [0.25, 0.3) is 11.1 Å². The average molecular weight is 935 g/mol. The summed E-state index contributed by atoms with van der Waals surface area (Å²) in [6, 6.07) is 14.3. The second-order valence-corrected chi connectivity index (χ2v) is 15.6. The van der Waals surface area contributed by atoms with E-state index in [0.717, 1.165) is 48.2 Å². The van der Waals surface area contributed by atoms with Crippen molar-refractivity contribution in [1.29, 1.82) is 0 Å². The molecule has 2 unspecified atom stereocenters. The molecule has 356 valence electrons. The molecule has 0 fully saturated rings. The number of carboxylic acids is 2. The molecule has 0 spiro atoms. The quantitative estimate of drug-likeness (QED) is 0.0796. The van der Waals surface area contributed by atoms with Crippen LogP contribution in [0.25, 0.3) is 22.1 Å². The van der Waals surface area contributed by atoms with Gasteiger partial charge in [0.1, 0.15) is 59.6 Å². The summed E-state index contributed by atoms with van der Waals surface area (Å²) in [5.41, 5.74) is 5.51. The molecule has 18 nitrogen and oxygen atoms in total. The zero-order valence-electron chi connectivity index (χ0n) is 40.0. The average Bonchev–Trinajstić information content (AvgIpc) is 3.79. The number of benzene rings is 2. The maximum Gasteiger partial charge on any atom is 2.00 e. The Hall–Kier alpha value is -5.63. The molecule has 0 saturated carbocycles. The Morgan fingerprint density at radius 1 is 0.597 bits per heavy atom. The Bertz CT molecular complexity index is 2490. The van der Waals surface area contributed by atoms with Gasteiger partial charge in [-0.15, -0.1) is 0 Å². The zero-order valence-corrected chi connectivity index (χ0v) is 41.5. The Kier molecular flexibility index (Phi) is 21.0. The Morgan fingerprint density at radius 3 is 1.25 bits per heavy atom. The van der Waals surface area contributed by atoms with Gasteiger partial charge in [0, 0.05) is 53.0 Å². The number of aliphatic carboxylic acids is 2. The maximum atomic E-state index is 13.2. The zero-order chi connectivity index (χ0) is 47.9. The van der Waals surface area contributed by atoms with Crippen LogP contribution in [0, 0.1) is 0 Å². The third kappa shape index (κ3) is 13.7. The standard InChI is InChI=1S/2C24H32N4O5.Mg/c2*1-5-8-18-21-22(27(4)26-18)23(29)28(20(6-2)25-21)13-14-33-17-11-9-16(10-12-17)15-19(24(30)31)32-7-3;/h2*9-12,19H,5-8,13-15H2,1-4H3,(H,30,31);/q;;+2/p-2. The van der Waals surface area contributed by atoms with E-state index in [-0.39, 0.29) is 47.0 Å². The van der Waals surface area contributed by atoms with Crippen molar-refractivity contribution < 1.29 is 38.7 Å². The number of carboxylic acid groups (broad SMARTS) is 2. The molecule has 6 rings (SSSR count). The summed E-state index contributed by atoms with van der Waals surface area (Å²) in [5.74, 6) is 0.226. The van der Waals surface area contributed by atoms with Crippen LogP contribution in [-0.2, 0) is 84.8 Å². The molecule has 19 heteroatoms. The van der Waals surface area contributed by atoms with Crippen LogP contribution in [0.4, 0.5) is 0 Å². The van der Waals surface area contributed by atoms with Crippen LogP contribution in [0.3, 0.4) is 0 Å². The molecule has 0 N–H and O–H groups in total. The number of aromatic nitrogens is 8. The monoisotopic (exact) mass is 934 g/mol. The molecule has 0 aliphatic heterocycles. The van der Waals surface area contributed by atoms with Crippen molar-refractivity contribution >= 4 is 57.1 Å². The number of hydrogen-bond acceptors (Lipinski definition) is 14. The molecule has 0 saturated heterocycles. The largest absolute Gasteiger partial charge is 2.00 e. The molecule has 6 aromatic rings. The van der Waals surface area contributed by atoms with Crippen LogP contribution in [0.1, 0.15) is 88.5 Å². The predicted molar refractivity (Wildman–Crippen MR) is 250 cm³/mol. The first-order valence-electron chi connectivity index (χ1n) is 22.8. The van der Waals surface area contributed by atoms with Gasteiger partial charge in [0.15, 0.2) is 11.0 Å². The van der Waals surface area contributed by atoms with Gasteiger partial charge >= 0.3 is 23.1 Å². The molecule has 67 heavy (non-hydrogen) atoms. The van der Waals surface area contributed by atoms with Gasteiger partial charge in [0.05, 0.1) is 36.4 Å². The van der Waals surface area contributed by atoms with Gasteiger partial charge in [-0.25, -0.2) is 9.97 Å². The summed E-state index contributed by atoms with van der Waals surface area (Å²) in [4.78, 5) is 58.2. The number of fused-ring (bicyclic) bond motifs is 2. The summed E-state index contributed by atoms with van der Waals surface area (Å²) in [5, 5.41) is 31.3. The van der Waals surface area contributed by atoms with E-state index < -0.39 is 24.1 Å². The van der Waals surface area contributed by atoms with Gasteiger partial charge < -0.3 is 38.7 Å². The second kappa shape index (κ2) is 26.1. The van der Waals surface area contributed by atoms with Crippen LogP contribution < -0.4 is 30.8 Å². The number of nitrogens with zero attached hydrogens (tertiary/aromatic N) is 8. The van der Waals surface area contributed by atoms with Gasteiger partial charge in [-0.2, -0.15) is 10.2 Å². The molecular formula is C48H62MgN8O10. The molecule has 2 atom stereocenters. The second-order valence-electron chi connectivity index (χ2n) is 15.6. The number of hydrogen-bond donors (Lipinski definition) is 0. The predicted octanol–water partition coefficient (Wildman–Crippen LogP) is 2.46. The fourth-order valence-corrected chi connectivity index (χ4v) is 7.74. The van der Waals surface area contributed by atoms with Crippen LogP contribution >= 0.6 is 0 Å². The minimum Gasteiger partial charge on any atom is -0.547 e. The molecule has 2 aromatic carbocycles. The summed E-state index contributed by atoms with van der Waals surface area (Å²) in [7, 11) is 3.55. The van der Waals surface area contributed by atoms with Crippen LogP contribution in [0.2, 0.25) is 0 Å². The Morgan fingerprint density at radius 2 is 0.955 bits per heavy atom. The first-order chi connectivity index (χ1) is 31.8. The molecule has 4 aromatic heterocycles. The van der Waals surface area contributed by atoms with E-state index in [4.69, 9.17) is 28.9 Å². The maximum absolute atomic E-state index is 13.2. The molecule has 0 amide bonds. The van der Waals surface area contributed by atoms with E-state index in [0.29, 0.717) is 97.6 Å². The van der Waals surface area contributed by atoms with Crippen molar-refractivity contribution in [3.05, 3.63) is 103 Å². The van der Waals surface area contributed by atoms with E-state index in [9.17, 15) is 29.4 Å². The van der Waals surface area contributed by atoms with E-state index in [1.165, 1.54) is 0 Å². The SMILES string of the molecule is CCCc1nn(C)c2c(=O)n(CCOc3ccc(CC(OCC)C(=O)[O-])cc3)c(CC)nc12.CCCc1nn(C)c2c(=O)n(CCOc3ccc(CC(OCC)C(=O)[O-])cc3)c(CC)nc12.[Mg+2]. The topological polar surface area (TPSA) is 223 Å². The molecule has 0 radical (unpaired) electrons. The normalized spacial score (nSPS) is 12.1. The van der Waals surface area contributed by atoms with Gasteiger partial charge in [-0.3, -0.25) is 28.1 Å². The first-order valence-corrected chi connectivity index (χ1v) is 22.8. The number of carbonyl (C=O) groups excluding carboxylic acids is 2. The first kappa shape index (κ1) is 54.0. The fourth-order valence-electron chi connectivity index (χ4n) is 7.74. The third-order valence-electron chi connectivity index (χ3n) is 10.9. The van der Waals surface area contributed by atoms with Crippen LogP contribution in [-0.4, -0.2) is 112 Å². The summed E-state index contributed by atoms with van der Waals surface area (Å²) >= 11 is 0. The Labute approximate surface area is 406 Å². The fraction of sp³-hybridized carbons (Fsp3) is 0.500. The smallest absolute Gasteiger partial charge is 0.547 e. The van der Waals surface area contributed by atoms with Crippen molar-refractivity contribution in [2.75, 3.05) is 26.4 Å². The van der Waals surface area contributed by atoms with Crippen LogP contribution in [0.15, 0.2) is 58.1 Å². The van der Waals surface area contributed by atoms with Crippen molar-refractivity contribution in [1.82, 2.24) is 38.7 Å². The molecule has 4 heterocycles. The molecule has 0 aliphatic carbocycles. The van der Waals surface area contributed by atoms with Crippen molar-refractivity contribution in [3.8, 4) is 11.5 Å². The minimum absolute atomic E-state index is 0. The number of aryl methyl sites for hydroxylation is 6. The molecule has 0 aliphatic rings. The molecular weight excluding hydrogens is 873 g/mol. The van der Waals surface area contributed by atoms with E-state index >= 15 is 0 Å². The van der Waals surface area contributed by atoms with E-state index in [1.807, 2.05) is 13.8 Å². The van der Waals surface area contributed by atoms with E-state index in [1.54, 1.807) is 95.0 Å².